The number of ether oxygens (including phenoxy) is 1. The maximum absolute atomic E-state index is 6.25. The van der Waals surface area contributed by atoms with E-state index in [-0.39, 0.29) is 6.71 Å². The average molecular weight is 582 g/mol. The Balaban J connectivity index is 1.40. The Bertz CT molecular complexity index is 1960. The highest BCUT2D eigenvalue weighted by atomic mass is 16.5. The van der Waals surface area contributed by atoms with Gasteiger partial charge in [-0.25, -0.2) is 4.98 Å². The van der Waals surface area contributed by atoms with E-state index in [0.717, 1.165) is 12.4 Å². The monoisotopic (exact) mass is 581 g/mol. The van der Waals surface area contributed by atoms with E-state index in [2.05, 4.69) is 156 Å². The van der Waals surface area contributed by atoms with Crippen LogP contribution in [0.15, 0.2) is 164 Å². The maximum Gasteiger partial charge on any atom is 0.242 e. The highest BCUT2D eigenvalue weighted by Gasteiger charge is 2.48. The van der Waals surface area contributed by atoms with Gasteiger partial charge in [0.25, 0.3) is 0 Å². The Hall–Kier alpha value is -5.55. The summed E-state index contributed by atoms with van der Waals surface area (Å²) in [7, 11) is 2.11. The molecule has 0 saturated carbocycles. The summed E-state index contributed by atoms with van der Waals surface area (Å²) >= 11 is 0. The second-order valence-corrected chi connectivity index (χ2v) is 11.8. The molecule has 0 fully saturated rings. The van der Waals surface area contributed by atoms with Gasteiger partial charge in [-0.3, -0.25) is 0 Å². The van der Waals surface area contributed by atoms with Crippen LogP contribution in [0.2, 0.25) is 0 Å². The minimum atomic E-state index is -0.497. The van der Waals surface area contributed by atoms with Crippen molar-refractivity contribution in [3.8, 4) is 11.6 Å². The van der Waals surface area contributed by atoms with E-state index in [0.29, 0.717) is 5.88 Å². The summed E-state index contributed by atoms with van der Waals surface area (Å²) in [6.07, 6.45) is 6.05. The van der Waals surface area contributed by atoms with Crippen LogP contribution >= 0.6 is 0 Å². The smallest absolute Gasteiger partial charge is 0.242 e. The normalized spacial score (nSPS) is 14.6. The largest absolute Gasteiger partial charge is 0.439 e. The lowest BCUT2D eigenvalue weighted by molar-refractivity contribution is 0.463. The fraction of sp³-hybridized carbons (Fsp3) is 0.0750. The fourth-order valence-electron chi connectivity index (χ4n) is 7.22. The quantitative estimate of drug-likeness (QED) is 0.217. The molecule has 216 valence electrons. The van der Waals surface area contributed by atoms with Crippen LogP contribution in [0.5, 0.6) is 11.6 Å². The number of anilines is 1. The van der Waals surface area contributed by atoms with Gasteiger partial charge in [-0.15, -0.1) is 0 Å². The van der Waals surface area contributed by atoms with E-state index in [4.69, 9.17) is 4.74 Å². The molecule has 0 N–H and O–H groups in total. The average Bonchev–Trinajstić information content (AvgIpc) is 3.54. The predicted octanol–water partition coefficient (Wildman–Crippen LogP) is 6.27. The summed E-state index contributed by atoms with van der Waals surface area (Å²) < 4.78 is 6.25. The zero-order chi connectivity index (χ0) is 30.2. The summed E-state index contributed by atoms with van der Waals surface area (Å²) in [6, 6.07) is 52.2. The molecule has 0 bridgehead atoms. The zero-order valence-corrected chi connectivity index (χ0v) is 25.1. The van der Waals surface area contributed by atoms with Crippen molar-refractivity contribution < 1.29 is 4.74 Å². The summed E-state index contributed by atoms with van der Waals surface area (Å²) in [5, 5.41) is 0. The summed E-state index contributed by atoms with van der Waals surface area (Å²) in [4.78, 5) is 8.91. The number of nitrogens with zero attached hydrogens (tertiary/aromatic N) is 3. The first-order chi connectivity index (χ1) is 22.2. The first kappa shape index (κ1) is 27.0. The second kappa shape index (κ2) is 11.2. The van der Waals surface area contributed by atoms with Gasteiger partial charge in [-0.05, 0) is 52.6 Å². The van der Waals surface area contributed by atoms with E-state index in [1.54, 1.807) is 6.20 Å². The Morgan fingerprint density at radius 2 is 1.36 bits per heavy atom. The fourth-order valence-corrected chi connectivity index (χ4v) is 7.22. The van der Waals surface area contributed by atoms with Gasteiger partial charge in [0.2, 0.25) is 12.6 Å². The van der Waals surface area contributed by atoms with E-state index in [1.165, 1.54) is 44.3 Å². The highest BCUT2D eigenvalue weighted by Crippen LogP contribution is 2.46. The predicted molar refractivity (Wildman–Crippen MR) is 184 cm³/mol. The third-order valence-electron chi connectivity index (χ3n) is 9.10. The third kappa shape index (κ3) is 4.60. The molecule has 0 saturated heterocycles. The van der Waals surface area contributed by atoms with Crippen LogP contribution < -0.4 is 26.0 Å². The molecular formula is C40H32BN3O. The number of rotatable bonds is 6. The molecule has 3 heterocycles. The van der Waals surface area contributed by atoms with Crippen LogP contribution in [-0.2, 0) is 5.41 Å². The summed E-state index contributed by atoms with van der Waals surface area (Å²) in [5.41, 5.74) is 9.53. The standard InChI is InChI=1S/C40H32BN3O/c1-43-25-26-44(29-43)33-22-23-36-38(28-33)41(32-17-12-18-34(27-32)45-39-21-10-11-24-42-39)37-20-9-8-19-35(37)40(36,30-13-4-2-5-14-30)31-15-6-3-7-16-31/h2-28H,29H2,1H3. The number of hydrogen-bond donors (Lipinski definition) is 0. The lowest BCUT2D eigenvalue weighted by Crippen LogP contribution is -2.62. The van der Waals surface area contributed by atoms with Crippen LogP contribution in [0.3, 0.4) is 0 Å². The molecule has 6 aromatic rings. The Labute approximate surface area is 265 Å². The molecule has 2 aliphatic heterocycles. The van der Waals surface area contributed by atoms with Gasteiger partial charge in [0.05, 0.1) is 12.1 Å². The van der Waals surface area contributed by atoms with Crippen molar-refractivity contribution >= 4 is 28.8 Å². The first-order valence-electron chi connectivity index (χ1n) is 15.4. The molecule has 45 heavy (non-hydrogen) atoms. The SMILES string of the molecule is CN1C=CN(c2ccc3c(c2)B(c2cccc(Oc4ccccn4)c2)c2ccccc2C3(c2ccccc2)c2ccccc2)C1. The molecule has 4 nitrogen and oxygen atoms in total. The topological polar surface area (TPSA) is 28.6 Å². The minimum absolute atomic E-state index is 0.00621. The summed E-state index contributed by atoms with van der Waals surface area (Å²) in [6.45, 7) is 0.809. The van der Waals surface area contributed by atoms with Gasteiger partial charge < -0.3 is 14.5 Å². The lowest BCUT2D eigenvalue weighted by atomic mass is 9.30. The lowest BCUT2D eigenvalue weighted by Gasteiger charge is -2.45. The van der Waals surface area contributed by atoms with Crippen molar-refractivity contribution in [1.29, 1.82) is 0 Å². The Morgan fingerprint density at radius 1 is 0.644 bits per heavy atom. The van der Waals surface area contributed by atoms with Crippen molar-refractivity contribution in [2.24, 2.45) is 0 Å². The van der Waals surface area contributed by atoms with Gasteiger partial charge in [-0.2, -0.15) is 0 Å². The molecule has 8 rings (SSSR count). The van der Waals surface area contributed by atoms with Gasteiger partial charge in [0.15, 0.2) is 0 Å². The molecule has 0 atom stereocenters. The van der Waals surface area contributed by atoms with Crippen LogP contribution in [0.25, 0.3) is 0 Å². The van der Waals surface area contributed by atoms with Gasteiger partial charge in [0.1, 0.15) is 5.75 Å². The van der Waals surface area contributed by atoms with Gasteiger partial charge >= 0.3 is 0 Å². The molecule has 1 aromatic heterocycles. The molecule has 0 radical (unpaired) electrons. The number of pyridine rings is 1. The van der Waals surface area contributed by atoms with E-state index >= 15 is 0 Å². The molecule has 5 heteroatoms. The van der Waals surface area contributed by atoms with Crippen molar-refractivity contribution in [1.82, 2.24) is 9.88 Å². The third-order valence-corrected chi connectivity index (χ3v) is 9.10. The molecule has 5 aromatic carbocycles. The van der Waals surface area contributed by atoms with Crippen LogP contribution in [0.4, 0.5) is 5.69 Å². The van der Waals surface area contributed by atoms with Crippen LogP contribution in [0.1, 0.15) is 22.3 Å². The molecule has 0 amide bonds. The molecular weight excluding hydrogens is 549 g/mol. The highest BCUT2D eigenvalue weighted by molar-refractivity contribution is 6.96. The Morgan fingerprint density at radius 3 is 2.07 bits per heavy atom. The molecule has 2 aliphatic rings. The number of aromatic nitrogens is 1. The van der Waals surface area contributed by atoms with Crippen molar-refractivity contribution in [2.45, 2.75) is 5.41 Å². The van der Waals surface area contributed by atoms with E-state index in [9.17, 15) is 0 Å². The second-order valence-electron chi connectivity index (χ2n) is 11.8. The maximum atomic E-state index is 6.25. The number of hydrogen-bond acceptors (Lipinski definition) is 4. The van der Waals surface area contributed by atoms with Crippen LogP contribution in [-0.4, -0.2) is 30.3 Å². The molecule has 0 spiro atoms. The summed E-state index contributed by atoms with van der Waals surface area (Å²) in [5.74, 6) is 1.35. The minimum Gasteiger partial charge on any atom is -0.439 e. The van der Waals surface area contributed by atoms with Gasteiger partial charge in [-0.1, -0.05) is 126 Å². The Kier molecular flexibility index (Phi) is 6.72. The van der Waals surface area contributed by atoms with E-state index < -0.39 is 5.41 Å². The van der Waals surface area contributed by atoms with Crippen molar-refractivity contribution in [3.63, 3.8) is 0 Å². The van der Waals surface area contributed by atoms with Crippen LogP contribution in [0, 0.1) is 0 Å². The first-order valence-corrected chi connectivity index (χ1v) is 15.4. The van der Waals surface area contributed by atoms with Crippen molar-refractivity contribution in [3.05, 3.63) is 186 Å². The number of fused-ring (bicyclic) bond motifs is 2. The molecule has 0 aliphatic carbocycles. The van der Waals surface area contributed by atoms with Crippen molar-refractivity contribution in [2.75, 3.05) is 18.6 Å². The number of benzene rings is 5. The van der Waals surface area contributed by atoms with E-state index in [1.807, 2.05) is 24.3 Å². The zero-order valence-electron chi connectivity index (χ0n) is 25.1. The molecule has 0 unspecified atom stereocenters. The van der Waals surface area contributed by atoms with Gasteiger partial charge in [0, 0.05) is 37.4 Å².